The molecule has 4 nitrogen and oxygen atoms in total. The number of benzene rings is 2. The number of hydrogen-bond acceptors (Lipinski definition) is 4. The molecule has 1 saturated heterocycles. The van der Waals surface area contributed by atoms with Crippen molar-refractivity contribution < 1.29 is 13.3 Å². The van der Waals surface area contributed by atoms with Crippen LogP contribution in [0.25, 0.3) is 11.3 Å². The highest BCUT2D eigenvalue weighted by atomic mass is 19.1. The molecule has 1 aliphatic heterocycles. The van der Waals surface area contributed by atoms with Gasteiger partial charge in [0.1, 0.15) is 23.1 Å². The molecule has 152 valence electrons. The molecule has 1 aromatic heterocycles. The number of piperazine rings is 1. The molecule has 29 heavy (non-hydrogen) atoms. The third kappa shape index (κ3) is 5.21. The van der Waals surface area contributed by atoms with E-state index in [0.29, 0.717) is 0 Å². The van der Waals surface area contributed by atoms with E-state index < -0.39 is 0 Å². The van der Waals surface area contributed by atoms with E-state index in [4.69, 9.17) is 4.52 Å². The second kappa shape index (κ2) is 9.18. The van der Waals surface area contributed by atoms with E-state index in [0.717, 1.165) is 74.7 Å². The third-order valence-electron chi connectivity index (χ3n) is 5.41. The van der Waals surface area contributed by atoms with E-state index in [9.17, 15) is 8.78 Å². The van der Waals surface area contributed by atoms with Crippen molar-refractivity contribution in [2.45, 2.75) is 19.3 Å². The highest BCUT2D eigenvalue weighted by Gasteiger charge is 2.17. The number of anilines is 1. The summed E-state index contributed by atoms with van der Waals surface area (Å²) in [6, 6.07) is 15.0. The van der Waals surface area contributed by atoms with E-state index in [1.165, 1.54) is 24.3 Å². The summed E-state index contributed by atoms with van der Waals surface area (Å²) in [5.74, 6) is 0.422. The fourth-order valence-electron chi connectivity index (χ4n) is 3.70. The van der Waals surface area contributed by atoms with E-state index in [1.807, 2.05) is 18.2 Å². The fourth-order valence-corrected chi connectivity index (χ4v) is 3.70. The Balaban J connectivity index is 1.17. The molecular formula is C23H25F2N3O. The van der Waals surface area contributed by atoms with Crippen LogP contribution in [0, 0.1) is 11.6 Å². The van der Waals surface area contributed by atoms with Gasteiger partial charge in [-0.2, -0.15) is 0 Å². The molecule has 4 rings (SSSR count). The van der Waals surface area contributed by atoms with Gasteiger partial charge in [0, 0.05) is 49.9 Å². The standard InChI is InChI=1S/C23H25F2N3O/c24-19-6-4-18(5-7-19)23-17-22(29-26-23)3-1-2-12-27-13-15-28(16-14-27)21-10-8-20(25)9-11-21/h4-11,17H,1-3,12-16H2. The van der Waals surface area contributed by atoms with Crippen LogP contribution >= 0.6 is 0 Å². The molecule has 0 radical (unpaired) electrons. The Hall–Kier alpha value is -2.73. The molecule has 0 saturated carbocycles. The van der Waals surface area contributed by atoms with Gasteiger partial charge in [-0.3, -0.25) is 4.90 Å². The van der Waals surface area contributed by atoms with Crippen molar-refractivity contribution in [2.75, 3.05) is 37.6 Å². The van der Waals surface area contributed by atoms with Crippen molar-refractivity contribution in [2.24, 2.45) is 0 Å². The van der Waals surface area contributed by atoms with E-state index in [-0.39, 0.29) is 11.6 Å². The number of halogens is 2. The monoisotopic (exact) mass is 397 g/mol. The zero-order chi connectivity index (χ0) is 20.1. The number of unbranched alkanes of at least 4 members (excludes halogenated alkanes) is 1. The van der Waals surface area contributed by atoms with Crippen LogP contribution in [0.15, 0.2) is 59.1 Å². The molecule has 0 spiro atoms. The van der Waals surface area contributed by atoms with E-state index >= 15 is 0 Å². The van der Waals surface area contributed by atoms with Crippen LogP contribution in [0.3, 0.4) is 0 Å². The van der Waals surface area contributed by atoms with Crippen molar-refractivity contribution >= 4 is 5.69 Å². The van der Waals surface area contributed by atoms with Gasteiger partial charge in [0.15, 0.2) is 0 Å². The molecule has 1 aliphatic rings. The van der Waals surface area contributed by atoms with Crippen LogP contribution in [0.2, 0.25) is 0 Å². The molecular weight excluding hydrogens is 372 g/mol. The van der Waals surface area contributed by atoms with Gasteiger partial charge in [-0.1, -0.05) is 5.16 Å². The van der Waals surface area contributed by atoms with E-state index in [1.54, 1.807) is 12.1 Å². The Morgan fingerprint density at radius 1 is 0.828 bits per heavy atom. The highest BCUT2D eigenvalue weighted by Crippen LogP contribution is 2.21. The molecule has 0 N–H and O–H groups in total. The number of hydrogen-bond donors (Lipinski definition) is 0. The van der Waals surface area contributed by atoms with Crippen molar-refractivity contribution in [3.8, 4) is 11.3 Å². The molecule has 0 aliphatic carbocycles. The van der Waals surface area contributed by atoms with Gasteiger partial charge in [-0.05, 0) is 67.9 Å². The lowest BCUT2D eigenvalue weighted by Crippen LogP contribution is -2.46. The summed E-state index contributed by atoms with van der Waals surface area (Å²) in [7, 11) is 0. The van der Waals surface area contributed by atoms with Crippen LogP contribution in [0.1, 0.15) is 18.6 Å². The predicted octanol–water partition coefficient (Wildman–Crippen LogP) is 4.76. The summed E-state index contributed by atoms with van der Waals surface area (Å²) >= 11 is 0. The van der Waals surface area contributed by atoms with Crippen molar-refractivity contribution in [1.82, 2.24) is 10.1 Å². The Bertz CT molecular complexity index is 901. The maximum absolute atomic E-state index is 13.1. The first-order valence-electron chi connectivity index (χ1n) is 10.1. The van der Waals surface area contributed by atoms with Crippen LogP contribution in [0.5, 0.6) is 0 Å². The van der Waals surface area contributed by atoms with Crippen molar-refractivity contribution in [3.63, 3.8) is 0 Å². The lowest BCUT2D eigenvalue weighted by Gasteiger charge is -2.36. The maximum Gasteiger partial charge on any atom is 0.137 e. The van der Waals surface area contributed by atoms with Gasteiger partial charge in [0.05, 0.1) is 0 Å². The van der Waals surface area contributed by atoms with Crippen molar-refractivity contribution in [3.05, 3.63) is 72.0 Å². The van der Waals surface area contributed by atoms with Gasteiger partial charge in [0.25, 0.3) is 0 Å². The van der Waals surface area contributed by atoms with Crippen LogP contribution < -0.4 is 4.90 Å². The second-order valence-corrected chi connectivity index (χ2v) is 7.45. The van der Waals surface area contributed by atoms with Gasteiger partial charge in [-0.25, -0.2) is 8.78 Å². The molecule has 1 fully saturated rings. The topological polar surface area (TPSA) is 32.5 Å². The minimum atomic E-state index is -0.254. The SMILES string of the molecule is Fc1ccc(-c2cc(CCCCN3CCN(c4ccc(F)cc4)CC3)on2)cc1. The van der Waals surface area contributed by atoms with Gasteiger partial charge < -0.3 is 9.42 Å². The summed E-state index contributed by atoms with van der Waals surface area (Å²) in [5, 5.41) is 4.09. The lowest BCUT2D eigenvalue weighted by molar-refractivity contribution is 0.251. The Morgan fingerprint density at radius 2 is 1.48 bits per heavy atom. The Morgan fingerprint density at radius 3 is 2.17 bits per heavy atom. The molecule has 6 heteroatoms. The van der Waals surface area contributed by atoms with Crippen LogP contribution in [-0.2, 0) is 6.42 Å². The minimum Gasteiger partial charge on any atom is -0.369 e. The van der Waals surface area contributed by atoms with Crippen LogP contribution in [0.4, 0.5) is 14.5 Å². The largest absolute Gasteiger partial charge is 0.369 e. The molecule has 0 amide bonds. The fraction of sp³-hybridized carbons (Fsp3) is 0.348. The highest BCUT2D eigenvalue weighted by molar-refractivity contribution is 5.58. The molecule has 0 bridgehead atoms. The van der Waals surface area contributed by atoms with Gasteiger partial charge >= 0.3 is 0 Å². The quantitative estimate of drug-likeness (QED) is 0.538. The molecule has 3 aromatic rings. The van der Waals surface area contributed by atoms with E-state index in [2.05, 4.69) is 15.0 Å². The number of aromatic nitrogens is 1. The number of rotatable bonds is 7. The molecule has 2 aromatic carbocycles. The normalized spacial score (nSPS) is 15.0. The maximum atomic E-state index is 13.1. The summed E-state index contributed by atoms with van der Waals surface area (Å²) in [4.78, 5) is 4.78. The van der Waals surface area contributed by atoms with Gasteiger partial charge in [-0.15, -0.1) is 0 Å². The first-order valence-corrected chi connectivity index (χ1v) is 10.1. The molecule has 0 atom stereocenters. The summed E-state index contributed by atoms with van der Waals surface area (Å²) in [6.07, 6.45) is 2.99. The lowest BCUT2D eigenvalue weighted by atomic mass is 10.1. The average molecular weight is 397 g/mol. The Labute approximate surface area is 169 Å². The average Bonchev–Trinajstić information content (AvgIpc) is 3.22. The summed E-state index contributed by atoms with van der Waals surface area (Å²) in [5.41, 5.74) is 2.70. The zero-order valence-corrected chi connectivity index (χ0v) is 16.4. The second-order valence-electron chi connectivity index (χ2n) is 7.45. The third-order valence-corrected chi connectivity index (χ3v) is 5.41. The number of nitrogens with zero attached hydrogens (tertiary/aromatic N) is 3. The molecule has 2 heterocycles. The first kappa shape index (κ1) is 19.6. The summed E-state index contributed by atoms with van der Waals surface area (Å²) in [6.45, 7) is 5.04. The number of aryl methyl sites for hydroxylation is 1. The summed E-state index contributed by atoms with van der Waals surface area (Å²) < 4.78 is 31.5. The molecule has 0 unspecified atom stereocenters. The van der Waals surface area contributed by atoms with Gasteiger partial charge in [0.2, 0.25) is 0 Å². The Kier molecular flexibility index (Phi) is 6.20. The zero-order valence-electron chi connectivity index (χ0n) is 16.4. The smallest absolute Gasteiger partial charge is 0.137 e. The minimum absolute atomic E-state index is 0.191. The van der Waals surface area contributed by atoms with Crippen molar-refractivity contribution in [1.29, 1.82) is 0 Å². The first-order chi connectivity index (χ1) is 14.2. The van der Waals surface area contributed by atoms with Crippen LogP contribution in [-0.4, -0.2) is 42.8 Å². The predicted molar refractivity (Wildman–Crippen MR) is 110 cm³/mol.